The van der Waals surface area contributed by atoms with Gasteiger partial charge in [0.15, 0.2) is 0 Å². The third-order valence-corrected chi connectivity index (χ3v) is 6.03. The third-order valence-electron chi connectivity index (χ3n) is 5.04. The Labute approximate surface area is 126 Å². The first-order valence-electron chi connectivity index (χ1n) is 7.93. The van der Waals surface area contributed by atoms with Crippen molar-refractivity contribution in [2.45, 2.75) is 55.8 Å². The van der Waals surface area contributed by atoms with Crippen molar-refractivity contribution in [2.24, 2.45) is 5.73 Å². The Morgan fingerprint density at radius 1 is 1.10 bits per heavy atom. The highest BCUT2D eigenvalue weighted by molar-refractivity contribution is 7.99. The van der Waals surface area contributed by atoms with Crippen molar-refractivity contribution in [3.05, 3.63) is 0 Å². The van der Waals surface area contributed by atoms with Crippen LogP contribution in [0.15, 0.2) is 0 Å². The highest BCUT2D eigenvalue weighted by Crippen LogP contribution is 2.40. The van der Waals surface area contributed by atoms with Crippen molar-refractivity contribution < 1.29 is 14.2 Å². The van der Waals surface area contributed by atoms with Crippen LogP contribution in [0.25, 0.3) is 0 Å². The Morgan fingerprint density at radius 3 is 2.55 bits per heavy atom. The lowest BCUT2D eigenvalue weighted by Gasteiger charge is -2.46. The summed E-state index contributed by atoms with van der Waals surface area (Å²) in [5, 5.41) is 0. The lowest BCUT2D eigenvalue weighted by atomic mass is 9.85. The molecule has 0 aliphatic carbocycles. The molecule has 3 aliphatic rings. The third kappa shape index (κ3) is 3.33. The number of ether oxygens (including phenoxy) is 3. The summed E-state index contributed by atoms with van der Waals surface area (Å²) in [5.74, 6) is 2.45. The van der Waals surface area contributed by atoms with Crippen molar-refractivity contribution in [1.82, 2.24) is 0 Å². The van der Waals surface area contributed by atoms with Crippen LogP contribution in [-0.4, -0.2) is 55.2 Å². The van der Waals surface area contributed by atoms with Gasteiger partial charge in [0.05, 0.1) is 17.3 Å². The average Bonchev–Trinajstić information content (AvgIpc) is 2.49. The summed E-state index contributed by atoms with van der Waals surface area (Å²) >= 11 is 2.05. The average molecular weight is 301 g/mol. The highest BCUT2D eigenvalue weighted by Gasteiger charge is 2.42. The first kappa shape index (κ1) is 15.1. The van der Waals surface area contributed by atoms with Gasteiger partial charge in [0, 0.05) is 45.6 Å². The van der Waals surface area contributed by atoms with E-state index in [9.17, 15) is 0 Å². The van der Waals surface area contributed by atoms with Gasteiger partial charge in [0.1, 0.15) is 0 Å². The van der Waals surface area contributed by atoms with Gasteiger partial charge >= 0.3 is 0 Å². The van der Waals surface area contributed by atoms with Gasteiger partial charge in [-0.3, -0.25) is 0 Å². The number of hydrogen-bond donors (Lipinski definition) is 1. The maximum atomic E-state index is 6.50. The molecule has 1 unspecified atom stereocenters. The van der Waals surface area contributed by atoms with E-state index in [0.717, 1.165) is 45.5 Å². The summed E-state index contributed by atoms with van der Waals surface area (Å²) in [5.41, 5.74) is 5.95. The molecule has 1 spiro atoms. The first-order chi connectivity index (χ1) is 9.76. The molecule has 3 aliphatic heterocycles. The minimum atomic E-state index is -0.148. The standard InChI is InChI=1S/C15H27NO3S/c16-12-15(2-7-17-8-3-15)19-13-1-6-18-14(11-13)4-9-20-10-5-14/h13H,1-12,16H2. The second kappa shape index (κ2) is 6.53. The monoisotopic (exact) mass is 301 g/mol. The zero-order valence-electron chi connectivity index (χ0n) is 12.3. The van der Waals surface area contributed by atoms with Gasteiger partial charge in [-0.2, -0.15) is 11.8 Å². The van der Waals surface area contributed by atoms with E-state index in [0.29, 0.717) is 12.6 Å². The molecule has 2 N–H and O–H groups in total. The van der Waals surface area contributed by atoms with E-state index >= 15 is 0 Å². The van der Waals surface area contributed by atoms with Crippen LogP contribution in [0.3, 0.4) is 0 Å². The van der Waals surface area contributed by atoms with E-state index in [1.807, 2.05) is 11.8 Å². The zero-order valence-corrected chi connectivity index (χ0v) is 13.1. The predicted octanol–water partition coefficient (Wildman–Crippen LogP) is 1.96. The number of rotatable bonds is 3. The topological polar surface area (TPSA) is 53.7 Å². The smallest absolute Gasteiger partial charge is 0.0851 e. The Balaban J connectivity index is 1.61. The van der Waals surface area contributed by atoms with Crippen molar-refractivity contribution >= 4 is 11.8 Å². The highest BCUT2D eigenvalue weighted by atomic mass is 32.2. The Morgan fingerprint density at radius 2 is 1.85 bits per heavy atom. The lowest BCUT2D eigenvalue weighted by Crippen LogP contribution is -2.52. The molecule has 3 rings (SSSR count). The van der Waals surface area contributed by atoms with Crippen LogP contribution < -0.4 is 5.73 Å². The second-order valence-corrected chi connectivity index (χ2v) is 7.60. The van der Waals surface area contributed by atoms with E-state index in [1.165, 1.54) is 24.3 Å². The normalized spacial score (nSPS) is 33.1. The lowest BCUT2D eigenvalue weighted by molar-refractivity contribution is -0.192. The predicted molar refractivity (Wildman–Crippen MR) is 81.2 cm³/mol. The van der Waals surface area contributed by atoms with Crippen molar-refractivity contribution in [2.75, 3.05) is 37.9 Å². The van der Waals surface area contributed by atoms with Crippen LogP contribution in [0.4, 0.5) is 0 Å². The van der Waals surface area contributed by atoms with Crippen molar-refractivity contribution in [3.63, 3.8) is 0 Å². The van der Waals surface area contributed by atoms with Crippen LogP contribution >= 0.6 is 11.8 Å². The largest absolute Gasteiger partial charge is 0.381 e. The van der Waals surface area contributed by atoms with Gasteiger partial charge in [-0.05, 0) is 30.8 Å². The molecule has 3 fully saturated rings. The van der Waals surface area contributed by atoms with Gasteiger partial charge < -0.3 is 19.9 Å². The summed E-state index contributed by atoms with van der Waals surface area (Å²) in [6, 6.07) is 0. The fourth-order valence-electron chi connectivity index (χ4n) is 3.64. The van der Waals surface area contributed by atoms with Crippen molar-refractivity contribution in [1.29, 1.82) is 0 Å². The molecular formula is C15H27NO3S. The van der Waals surface area contributed by atoms with Crippen LogP contribution in [0, 0.1) is 0 Å². The molecule has 0 bridgehead atoms. The molecule has 0 aromatic carbocycles. The van der Waals surface area contributed by atoms with Crippen LogP contribution in [0.1, 0.15) is 38.5 Å². The summed E-state index contributed by atoms with van der Waals surface area (Å²) in [4.78, 5) is 0. The van der Waals surface area contributed by atoms with E-state index in [4.69, 9.17) is 19.9 Å². The summed E-state index contributed by atoms with van der Waals surface area (Å²) in [6.07, 6.45) is 6.60. The zero-order chi connectivity index (χ0) is 13.9. The maximum absolute atomic E-state index is 6.50. The molecule has 20 heavy (non-hydrogen) atoms. The molecule has 4 nitrogen and oxygen atoms in total. The van der Waals surface area contributed by atoms with Gasteiger partial charge in [-0.15, -0.1) is 0 Å². The summed E-state index contributed by atoms with van der Waals surface area (Å²) in [7, 11) is 0. The van der Waals surface area contributed by atoms with Crippen LogP contribution in [-0.2, 0) is 14.2 Å². The van der Waals surface area contributed by atoms with E-state index in [2.05, 4.69) is 0 Å². The summed E-state index contributed by atoms with van der Waals surface area (Å²) < 4.78 is 18.1. The maximum Gasteiger partial charge on any atom is 0.0851 e. The van der Waals surface area contributed by atoms with Crippen LogP contribution in [0.5, 0.6) is 0 Å². The molecule has 0 saturated carbocycles. The van der Waals surface area contributed by atoms with Gasteiger partial charge in [0.25, 0.3) is 0 Å². The van der Waals surface area contributed by atoms with E-state index < -0.39 is 0 Å². The molecule has 5 heteroatoms. The minimum absolute atomic E-state index is 0.0924. The molecule has 116 valence electrons. The molecule has 0 aromatic heterocycles. The molecule has 0 radical (unpaired) electrons. The quantitative estimate of drug-likeness (QED) is 0.863. The fourth-order valence-corrected chi connectivity index (χ4v) is 4.88. The van der Waals surface area contributed by atoms with E-state index in [1.54, 1.807) is 0 Å². The Bertz CT molecular complexity index is 309. The fraction of sp³-hybridized carbons (Fsp3) is 1.00. The molecule has 0 amide bonds. The SMILES string of the molecule is NCC1(OC2CCOC3(CCSCC3)C2)CCOCC1. The number of nitrogens with two attached hydrogens (primary N) is 1. The molecular weight excluding hydrogens is 274 g/mol. The minimum Gasteiger partial charge on any atom is -0.381 e. The van der Waals surface area contributed by atoms with Gasteiger partial charge in [-0.25, -0.2) is 0 Å². The Hall–Kier alpha value is 0.190. The van der Waals surface area contributed by atoms with Gasteiger partial charge in [-0.1, -0.05) is 0 Å². The Kier molecular flexibility index (Phi) is 4.93. The van der Waals surface area contributed by atoms with Gasteiger partial charge in [0.2, 0.25) is 0 Å². The van der Waals surface area contributed by atoms with E-state index in [-0.39, 0.29) is 11.2 Å². The number of thioether (sulfide) groups is 1. The molecule has 3 saturated heterocycles. The number of hydrogen-bond acceptors (Lipinski definition) is 5. The second-order valence-electron chi connectivity index (χ2n) is 6.38. The van der Waals surface area contributed by atoms with Crippen LogP contribution in [0.2, 0.25) is 0 Å². The molecule has 0 aromatic rings. The molecule has 1 atom stereocenters. The first-order valence-corrected chi connectivity index (χ1v) is 9.09. The summed E-state index contributed by atoms with van der Waals surface area (Å²) in [6.45, 7) is 3.01. The van der Waals surface area contributed by atoms with Crippen molar-refractivity contribution in [3.8, 4) is 0 Å². The molecule has 3 heterocycles.